The molecule has 1 fully saturated rings. The third-order valence-electron chi connectivity index (χ3n) is 6.54. The fourth-order valence-electron chi connectivity index (χ4n) is 4.59. The molecule has 2 aromatic carbocycles. The number of methoxy groups -OCH3 is 1. The van der Waals surface area contributed by atoms with Crippen LogP contribution in [0.25, 0.3) is 10.9 Å². The van der Waals surface area contributed by atoms with E-state index in [1.54, 1.807) is 7.11 Å². The lowest BCUT2D eigenvalue weighted by Crippen LogP contribution is -2.40. The highest BCUT2D eigenvalue weighted by Crippen LogP contribution is 2.31. The van der Waals surface area contributed by atoms with Crippen molar-refractivity contribution in [2.75, 3.05) is 20.2 Å². The van der Waals surface area contributed by atoms with E-state index >= 15 is 0 Å². The van der Waals surface area contributed by atoms with Gasteiger partial charge in [-0.25, -0.2) is 4.68 Å². The van der Waals surface area contributed by atoms with Crippen LogP contribution in [-0.2, 0) is 6.54 Å². The van der Waals surface area contributed by atoms with E-state index in [0.29, 0.717) is 23.9 Å². The first kappa shape index (κ1) is 21.3. The lowest BCUT2D eigenvalue weighted by molar-refractivity contribution is 0.149. The molecule has 3 heterocycles. The van der Waals surface area contributed by atoms with Crippen molar-refractivity contribution in [2.24, 2.45) is 5.92 Å². The number of tetrazole rings is 1. The Morgan fingerprint density at radius 3 is 2.67 bits per heavy atom. The second-order valence-corrected chi connectivity index (χ2v) is 8.81. The number of nitrogens with one attached hydrogen (secondary N) is 1. The summed E-state index contributed by atoms with van der Waals surface area (Å²) in [4.78, 5) is 18.7. The molecular formula is C25H28N6O2. The minimum Gasteiger partial charge on any atom is -0.497 e. The summed E-state index contributed by atoms with van der Waals surface area (Å²) in [6.45, 7) is 4.60. The van der Waals surface area contributed by atoms with Crippen molar-refractivity contribution in [3.05, 3.63) is 81.9 Å². The van der Waals surface area contributed by atoms with Gasteiger partial charge in [0, 0.05) is 16.5 Å². The molecular weight excluding hydrogens is 416 g/mol. The zero-order valence-electron chi connectivity index (χ0n) is 18.9. The largest absolute Gasteiger partial charge is 0.497 e. The van der Waals surface area contributed by atoms with Crippen LogP contribution in [0, 0.1) is 5.92 Å². The van der Waals surface area contributed by atoms with E-state index in [1.807, 2.05) is 47.1 Å². The quantitative estimate of drug-likeness (QED) is 0.490. The molecule has 1 aliphatic rings. The molecule has 0 radical (unpaired) electrons. The summed E-state index contributed by atoms with van der Waals surface area (Å²) >= 11 is 0. The van der Waals surface area contributed by atoms with Gasteiger partial charge in [-0.1, -0.05) is 37.3 Å². The Morgan fingerprint density at radius 2 is 1.91 bits per heavy atom. The number of aromatic amines is 1. The van der Waals surface area contributed by atoms with Crippen LogP contribution in [0.2, 0.25) is 0 Å². The normalized spacial score (nSPS) is 16.2. The Labute approximate surface area is 192 Å². The van der Waals surface area contributed by atoms with Gasteiger partial charge < -0.3 is 9.72 Å². The topological polar surface area (TPSA) is 88.9 Å². The van der Waals surface area contributed by atoms with E-state index < -0.39 is 0 Å². The van der Waals surface area contributed by atoms with Gasteiger partial charge in [0.1, 0.15) is 11.8 Å². The average molecular weight is 445 g/mol. The van der Waals surface area contributed by atoms with Crippen molar-refractivity contribution in [3.63, 3.8) is 0 Å². The molecule has 1 N–H and O–H groups in total. The van der Waals surface area contributed by atoms with Crippen molar-refractivity contribution in [1.29, 1.82) is 0 Å². The monoisotopic (exact) mass is 444 g/mol. The molecule has 0 saturated carbocycles. The predicted octanol–water partition coefficient (Wildman–Crippen LogP) is 3.39. The van der Waals surface area contributed by atoms with Crippen molar-refractivity contribution in [3.8, 4) is 5.75 Å². The Bertz CT molecular complexity index is 1290. The van der Waals surface area contributed by atoms with Gasteiger partial charge in [0.15, 0.2) is 5.82 Å². The van der Waals surface area contributed by atoms with Crippen LogP contribution in [0.1, 0.15) is 42.8 Å². The summed E-state index contributed by atoms with van der Waals surface area (Å²) in [6, 6.07) is 17.4. The van der Waals surface area contributed by atoms with E-state index in [4.69, 9.17) is 4.74 Å². The molecule has 0 aliphatic carbocycles. The highest BCUT2D eigenvalue weighted by molar-refractivity contribution is 5.80. The van der Waals surface area contributed by atoms with Crippen LogP contribution in [0.3, 0.4) is 0 Å². The SMILES string of the molecule is COc1ccc2[nH]c(=O)c([C@H](c3nnnn3Cc3ccccc3)N3CCC(C)CC3)cc2c1. The third-order valence-corrected chi connectivity index (χ3v) is 6.54. The Hall–Kier alpha value is -3.52. The maximum Gasteiger partial charge on any atom is 0.253 e. The fourth-order valence-corrected chi connectivity index (χ4v) is 4.59. The van der Waals surface area contributed by atoms with Crippen LogP contribution in [0.5, 0.6) is 5.75 Å². The number of H-pyrrole nitrogens is 1. The van der Waals surface area contributed by atoms with Gasteiger partial charge in [-0.15, -0.1) is 5.10 Å². The number of hydrogen-bond acceptors (Lipinski definition) is 6. The zero-order chi connectivity index (χ0) is 22.8. The standard InChI is InChI=1S/C25H28N6O2/c1-17-10-12-30(13-11-17)23(24-27-28-29-31(24)16-18-6-4-3-5-7-18)21-15-19-14-20(33-2)8-9-22(19)26-25(21)32/h3-9,14-15,17,23H,10-13,16H2,1-2H3,(H,26,32)/t23-/m1/s1. The smallest absolute Gasteiger partial charge is 0.253 e. The number of ether oxygens (including phenoxy) is 1. The molecule has 170 valence electrons. The molecule has 0 spiro atoms. The lowest BCUT2D eigenvalue weighted by atomic mass is 9.95. The summed E-state index contributed by atoms with van der Waals surface area (Å²) in [5.74, 6) is 2.10. The highest BCUT2D eigenvalue weighted by Gasteiger charge is 2.32. The molecule has 0 unspecified atom stereocenters. The van der Waals surface area contributed by atoms with Gasteiger partial charge in [-0.2, -0.15) is 0 Å². The number of pyridine rings is 1. The number of piperidine rings is 1. The number of rotatable bonds is 6. The Kier molecular flexibility index (Phi) is 5.92. The maximum absolute atomic E-state index is 13.3. The van der Waals surface area contributed by atoms with Gasteiger partial charge in [0.05, 0.1) is 13.7 Å². The highest BCUT2D eigenvalue weighted by atomic mass is 16.5. The average Bonchev–Trinajstić information content (AvgIpc) is 3.28. The minimum atomic E-state index is -0.337. The van der Waals surface area contributed by atoms with Gasteiger partial charge in [-0.05, 0) is 72.1 Å². The summed E-state index contributed by atoms with van der Waals surface area (Å²) < 4.78 is 7.21. The van der Waals surface area contributed by atoms with Crippen LogP contribution in [0.15, 0.2) is 59.4 Å². The number of likely N-dealkylation sites (tertiary alicyclic amines) is 1. The minimum absolute atomic E-state index is 0.120. The number of aromatic nitrogens is 5. The molecule has 0 amide bonds. The van der Waals surface area contributed by atoms with Crippen molar-refractivity contribution < 1.29 is 4.74 Å². The number of fused-ring (bicyclic) bond motifs is 1. The first-order valence-electron chi connectivity index (χ1n) is 11.4. The molecule has 1 saturated heterocycles. The van der Waals surface area contributed by atoms with Crippen LogP contribution in [0.4, 0.5) is 0 Å². The predicted molar refractivity (Wildman–Crippen MR) is 126 cm³/mol. The van der Waals surface area contributed by atoms with Crippen molar-refractivity contribution >= 4 is 10.9 Å². The second kappa shape index (κ2) is 9.15. The summed E-state index contributed by atoms with van der Waals surface area (Å²) in [6.07, 6.45) is 2.16. The third kappa shape index (κ3) is 4.39. The number of benzene rings is 2. The second-order valence-electron chi connectivity index (χ2n) is 8.81. The van der Waals surface area contributed by atoms with Crippen LogP contribution >= 0.6 is 0 Å². The fraction of sp³-hybridized carbons (Fsp3) is 0.360. The van der Waals surface area contributed by atoms with Gasteiger partial charge >= 0.3 is 0 Å². The van der Waals surface area contributed by atoms with Crippen LogP contribution in [-0.4, -0.2) is 50.3 Å². The first-order chi connectivity index (χ1) is 16.1. The lowest BCUT2D eigenvalue weighted by Gasteiger charge is -2.35. The van der Waals surface area contributed by atoms with Gasteiger partial charge in [0.25, 0.3) is 5.56 Å². The molecule has 4 aromatic rings. The summed E-state index contributed by atoms with van der Waals surface area (Å²) in [5, 5.41) is 13.6. The molecule has 2 aromatic heterocycles. The molecule has 8 heteroatoms. The number of hydrogen-bond donors (Lipinski definition) is 1. The van der Waals surface area contributed by atoms with Crippen LogP contribution < -0.4 is 10.3 Å². The molecule has 8 nitrogen and oxygen atoms in total. The van der Waals surface area contributed by atoms with E-state index in [9.17, 15) is 4.79 Å². The molecule has 1 atom stereocenters. The van der Waals surface area contributed by atoms with Crippen molar-refractivity contribution in [2.45, 2.75) is 32.4 Å². The maximum atomic E-state index is 13.3. The molecule has 5 rings (SSSR count). The van der Waals surface area contributed by atoms with Crippen molar-refractivity contribution in [1.82, 2.24) is 30.1 Å². The Balaban J connectivity index is 1.61. The molecule has 0 bridgehead atoms. The number of nitrogens with zero attached hydrogens (tertiary/aromatic N) is 5. The van der Waals surface area contributed by atoms with E-state index in [0.717, 1.165) is 48.1 Å². The van der Waals surface area contributed by atoms with Gasteiger partial charge in [0.2, 0.25) is 0 Å². The summed E-state index contributed by atoms with van der Waals surface area (Å²) in [7, 11) is 1.64. The molecule has 1 aliphatic heterocycles. The van der Waals surface area contributed by atoms with E-state index in [1.165, 1.54) is 0 Å². The zero-order valence-corrected chi connectivity index (χ0v) is 18.9. The first-order valence-corrected chi connectivity index (χ1v) is 11.4. The van der Waals surface area contributed by atoms with E-state index in [-0.39, 0.29) is 11.6 Å². The Morgan fingerprint density at radius 1 is 1.12 bits per heavy atom. The molecule has 33 heavy (non-hydrogen) atoms. The summed E-state index contributed by atoms with van der Waals surface area (Å²) in [5.41, 5.74) is 2.41. The van der Waals surface area contributed by atoms with E-state index in [2.05, 4.69) is 44.5 Å². The van der Waals surface area contributed by atoms with Gasteiger partial charge in [-0.3, -0.25) is 9.69 Å².